The van der Waals surface area contributed by atoms with Crippen molar-refractivity contribution in [2.24, 2.45) is 0 Å². The molecule has 0 atom stereocenters. The molecule has 4 heteroatoms. The zero-order valence-corrected chi connectivity index (χ0v) is 12.2. The lowest BCUT2D eigenvalue weighted by molar-refractivity contribution is 0.0948. The zero-order chi connectivity index (χ0) is 13.9. The van der Waals surface area contributed by atoms with Gasteiger partial charge in [0.15, 0.2) is 0 Å². The number of alkyl halides is 1. The summed E-state index contributed by atoms with van der Waals surface area (Å²) in [5.41, 5.74) is 1.51. The summed E-state index contributed by atoms with van der Waals surface area (Å²) >= 11 is 6.46. The predicted octanol–water partition coefficient (Wildman–Crippen LogP) is 3.29. The Morgan fingerprint density at radius 3 is 2.74 bits per heavy atom. The van der Waals surface area contributed by atoms with Gasteiger partial charge in [-0.05, 0) is 31.9 Å². The molecule has 0 unspecified atom stereocenters. The maximum absolute atomic E-state index is 12.2. The molecule has 1 fully saturated rings. The second kappa shape index (κ2) is 5.83. The summed E-state index contributed by atoms with van der Waals surface area (Å²) in [6.45, 7) is 2.42. The molecule has 1 aliphatic carbocycles. The maximum Gasteiger partial charge on any atom is 0.251 e. The van der Waals surface area contributed by atoms with Crippen LogP contribution in [0.2, 0.25) is 0 Å². The Labute approximate surface area is 119 Å². The molecule has 1 aromatic rings. The number of benzene rings is 1. The Morgan fingerprint density at radius 2 is 2.11 bits per heavy atom. The van der Waals surface area contributed by atoms with Crippen LogP contribution >= 0.6 is 11.6 Å². The van der Waals surface area contributed by atoms with E-state index < -0.39 is 0 Å². The van der Waals surface area contributed by atoms with Crippen molar-refractivity contribution in [1.29, 1.82) is 0 Å². The van der Waals surface area contributed by atoms with E-state index in [1.807, 2.05) is 25.1 Å². The van der Waals surface area contributed by atoms with Crippen molar-refractivity contribution < 1.29 is 9.53 Å². The normalized spacial score (nSPS) is 17.2. The lowest BCUT2D eigenvalue weighted by atomic mass is 10.1. The first-order chi connectivity index (χ1) is 9.06. The fourth-order valence-electron chi connectivity index (χ4n) is 2.60. The van der Waals surface area contributed by atoms with Crippen molar-refractivity contribution in [3.05, 3.63) is 29.3 Å². The Morgan fingerprint density at radius 1 is 1.42 bits per heavy atom. The highest BCUT2D eigenvalue weighted by Crippen LogP contribution is 2.35. The highest BCUT2D eigenvalue weighted by Gasteiger charge is 2.31. The van der Waals surface area contributed by atoms with Gasteiger partial charge < -0.3 is 10.1 Å². The zero-order valence-electron chi connectivity index (χ0n) is 11.5. The average molecular weight is 282 g/mol. The molecular formula is C15H20ClNO2. The summed E-state index contributed by atoms with van der Waals surface area (Å²) in [7, 11) is 1.61. The lowest BCUT2D eigenvalue weighted by Gasteiger charge is -2.21. The Kier molecular flexibility index (Phi) is 4.35. The Balaban J connectivity index is 2.04. The number of ether oxygens (including phenoxy) is 1. The van der Waals surface area contributed by atoms with Gasteiger partial charge in [0.25, 0.3) is 5.91 Å². The van der Waals surface area contributed by atoms with Gasteiger partial charge in [-0.1, -0.05) is 18.9 Å². The number of carbonyl (C=O) groups excluding carboxylic acids is 1. The second-order valence-electron chi connectivity index (χ2n) is 5.17. The van der Waals surface area contributed by atoms with Crippen LogP contribution in [0.1, 0.15) is 41.6 Å². The smallest absolute Gasteiger partial charge is 0.251 e. The molecule has 1 aliphatic rings. The molecule has 1 N–H and O–H groups in total. The van der Waals surface area contributed by atoms with Gasteiger partial charge >= 0.3 is 0 Å². The van der Waals surface area contributed by atoms with Crippen molar-refractivity contribution >= 4 is 17.5 Å². The van der Waals surface area contributed by atoms with Gasteiger partial charge in [0.05, 0.1) is 12.0 Å². The first-order valence-corrected chi connectivity index (χ1v) is 7.04. The molecule has 0 aliphatic heterocycles. The Hall–Kier alpha value is -1.22. The van der Waals surface area contributed by atoms with Crippen LogP contribution in [0.3, 0.4) is 0 Å². The van der Waals surface area contributed by atoms with Crippen molar-refractivity contribution in [2.45, 2.75) is 37.5 Å². The number of rotatable bonds is 4. The molecule has 3 nitrogen and oxygen atoms in total. The SMILES string of the molecule is COc1cccc(C(=O)NCC2(Cl)CCCC2)c1C. The summed E-state index contributed by atoms with van der Waals surface area (Å²) in [5.74, 6) is 0.650. The van der Waals surface area contributed by atoms with Crippen molar-refractivity contribution in [3.63, 3.8) is 0 Å². The van der Waals surface area contributed by atoms with Crippen LogP contribution in [0, 0.1) is 6.92 Å². The van der Waals surface area contributed by atoms with Gasteiger partial charge in [-0.15, -0.1) is 11.6 Å². The summed E-state index contributed by atoms with van der Waals surface area (Å²) < 4.78 is 5.23. The number of halogens is 1. The summed E-state index contributed by atoms with van der Waals surface area (Å²) in [5, 5.41) is 2.95. The molecule has 104 valence electrons. The van der Waals surface area contributed by atoms with E-state index in [1.165, 1.54) is 0 Å². The number of methoxy groups -OCH3 is 1. The van der Waals surface area contributed by atoms with Crippen molar-refractivity contribution in [3.8, 4) is 5.75 Å². The summed E-state index contributed by atoms with van der Waals surface area (Å²) in [4.78, 5) is 12.0. The molecule has 2 rings (SSSR count). The minimum atomic E-state index is -0.248. The molecule has 1 amide bonds. The van der Waals surface area contributed by atoms with Gasteiger partial charge in [-0.25, -0.2) is 0 Å². The van der Waals surface area contributed by atoms with Crippen molar-refractivity contribution in [2.75, 3.05) is 13.7 Å². The van der Waals surface area contributed by atoms with Gasteiger partial charge in [-0.2, -0.15) is 0 Å². The van der Waals surface area contributed by atoms with Gasteiger partial charge in [0.1, 0.15) is 5.75 Å². The van der Waals surface area contributed by atoms with Crippen molar-refractivity contribution in [1.82, 2.24) is 5.32 Å². The third-order valence-electron chi connectivity index (χ3n) is 3.81. The van der Waals surface area contributed by atoms with Gasteiger partial charge in [-0.3, -0.25) is 4.79 Å². The quantitative estimate of drug-likeness (QED) is 0.860. The lowest BCUT2D eigenvalue weighted by Crippen LogP contribution is -2.37. The largest absolute Gasteiger partial charge is 0.496 e. The van der Waals surface area contributed by atoms with E-state index in [2.05, 4.69) is 5.32 Å². The van der Waals surface area contributed by atoms with Crippen LogP contribution < -0.4 is 10.1 Å². The number of nitrogens with one attached hydrogen (secondary N) is 1. The first kappa shape index (κ1) is 14.2. The monoisotopic (exact) mass is 281 g/mol. The van der Waals surface area contributed by atoms with Crippen LogP contribution in [0.15, 0.2) is 18.2 Å². The maximum atomic E-state index is 12.2. The van der Waals surface area contributed by atoms with Crippen LogP contribution in [-0.4, -0.2) is 24.4 Å². The first-order valence-electron chi connectivity index (χ1n) is 6.66. The topological polar surface area (TPSA) is 38.3 Å². The number of amides is 1. The van der Waals surface area contributed by atoms with E-state index in [0.717, 1.165) is 37.0 Å². The molecule has 19 heavy (non-hydrogen) atoms. The van der Waals surface area contributed by atoms with E-state index >= 15 is 0 Å². The highest BCUT2D eigenvalue weighted by molar-refractivity contribution is 6.24. The van der Waals surface area contributed by atoms with E-state index in [0.29, 0.717) is 12.1 Å². The molecule has 1 aromatic carbocycles. The fourth-order valence-corrected chi connectivity index (χ4v) is 2.93. The molecule has 0 heterocycles. The van der Waals surface area contributed by atoms with E-state index in [4.69, 9.17) is 16.3 Å². The highest BCUT2D eigenvalue weighted by atomic mass is 35.5. The fraction of sp³-hybridized carbons (Fsp3) is 0.533. The third-order valence-corrected chi connectivity index (χ3v) is 4.33. The molecule has 0 bridgehead atoms. The predicted molar refractivity (Wildman–Crippen MR) is 77.1 cm³/mol. The molecule has 1 saturated carbocycles. The van der Waals surface area contributed by atoms with Gasteiger partial charge in [0.2, 0.25) is 0 Å². The van der Waals surface area contributed by atoms with E-state index in [-0.39, 0.29) is 10.8 Å². The van der Waals surface area contributed by atoms with Crippen LogP contribution in [0.5, 0.6) is 5.75 Å². The number of hydrogen-bond acceptors (Lipinski definition) is 2. The number of hydrogen-bond donors (Lipinski definition) is 1. The Bertz CT molecular complexity index is 467. The number of carbonyl (C=O) groups is 1. The minimum absolute atomic E-state index is 0.0803. The summed E-state index contributed by atoms with van der Waals surface area (Å²) in [6, 6.07) is 5.49. The van der Waals surface area contributed by atoms with Crippen LogP contribution in [-0.2, 0) is 0 Å². The molecular weight excluding hydrogens is 262 g/mol. The molecule has 0 spiro atoms. The molecule has 0 aromatic heterocycles. The molecule has 0 saturated heterocycles. The van der Waals surface area contributed by atoms with E-state index in [1.54, 1.807) is 7.11 Å². The van der Waals surface area contributed by atoms with E-state index in [9.17, 15) is 4.79 Å². The third kappa shape index (κ3) is 3.21. The van der Waals surface area contributed by atoms with Crippen LogP contribution in [0.4, 0.5) is 0 Å². The average Bonchev–Trinajstić information content (AvgIpc) is 2.84. The second-order valence-corrected chi connectivity index (χ2v) is 5.98. The standard InChI is InChI=1S/C15H20ClNO2/c1-11-12(6-5-7-13(11)19-2)14(18)17-10-15(16)8-3-4-9-15/h5-7H,3-4,8-10H2,1-2H3,(H,17,18). The van der Waals surface area contributed by atoms with Gasteiger partial charge in [0, 0.05) is 17.7 Å². The molecule has 0 radical (unpaired) electrons. The minimum Gasteiger partial charge on any atom is -0.496 e. The summed E-state index contributed by atoms with van der Waals surface area (Å²) in [6.07, 6.45) is 4.26. The van der Waals surface area contributed by atoms with Crippen LogP contribution in [0.25, 0.3) is 0 Å².